The maximum Gasteiger partial charge on any atom is 0.325 e. The van der Waals surface area contributed by atoms with Crippen LogP contribution in [0.15, 0.2) is 48.5 Å². The molecule has 3 rings (SSSR count). The van der Waals surface area contributed by atoms with Gasteiger partial charge < -0.3 is 19.1 Å². The molecule has 0 aliphatic heterocycles. The molecular formula is C20H20N2O5S. The van der Waals surface area contributed by atoms with E-state index in [1.165, 1.54) is 18.4 Å². The molecule has 2 aromatic carbocycles. The predicted molar refractivity (Wildman–Crippen MR) is 107 cm³/mol. The number of esters is 2. The van der Waals surface area contributed by atoms with Gasteiger partial charge in [0.2, 0.25) is 0 Å². The number of anilines is 1. The molecule has 146 valence electrons. The summed E-state index contributed by atoms with van der Waals surface area (Å²) < 4.78 is 16.2. The Balaban J connectivity index is 1.67. The summed E-state index contributed by atoms with van der Waals surface area (Å²) in [6.45, 7) is -0.0617. The molecule has 0 unspecified atom stereocenters. The highest BCUT2D eigenvalue weighted by atomic mass is 32.1. The molecule has 28 heavy (non-hydrogen) atoms. The molecule has 0 spiro atoms. The van der Waals surface area contributed by atoms with Crippen molar-refractivity contribution in [1.82, 2.24) is 4.98 Å². The number of hydrogen-bond donors (Lipinski definition) is 0. The Morgan fingerprint density at radius 2 is 1.71 bits per heavy atom. The third-order valence-corrected chi connectivity index (χ3v) is 5.08. The number of rotatable bonds is 8. The molecule has 0 bridgehead atoms. The van der Waals surface area contributed by atoms with E-state index < -0.39 is 11.9 Å². The summed E-state index contributed by atoms with van der Waals surface area (Å²) in [7, 11) is 2.90. The number of thiazole rings is 1. The Kier molecular flexibility index (Phi) is 6.44. The average molecular weight is 400 g/mol. The zero-order valence-electron chi connectivity index (χ0n) is 15.6. The smallest absolute Gasteiger partial charge is 0.325 e. The Labute approximate surface area is 166 Å². The van der Waals surface area contributed by atoms with Gasteiger partial charge in [-0.3, -0.25) is 9.59 Å². The first kappa shape index (κ1) is 19.6. The van der Waals surface area contributed by atoms with Crippen LogP contribution in [0.2, 0.25) is 0 Å². The lowest BCUT2D eigenvalue weighted by molar-refractivity contribution is -0.143. The number of hydrogen-bond acceptors (Lipinski definition) is 8. The van der Waals surface area contributed by atoms with E-state index in [2.05, 4.69) is 4.98 Å². The van der Waals surface area contributed by atoms with E-state index in [1.54, 1.807) is 24.1 Å². The highest BCUT2D eigenvalue weighted by molar-refractivity contribution is 7.22. The molecule has 7 nitrogen and oxygen atoms in total. The van der Waals surface area contributed by atoms with Gasteiger partial charge in [0.15, 0.2) is 5.13 Å². The molecule has 0 fully saturated rings. The van der Waals surface area contributed by atoms with E-state index in [-0.39, 0.29) is 19.7 Å². The largest absolute Gasteiger partial charge is 0.497 e. The SMILES string of the molecule is COC(=O)CN(CC(=O)OCc1ccc(OC)cc1)c1nc2ccccc2s1. The quantitative estimate of drug-likeness (QED) is 0.538. The summed E-state index contributed by atoms with van der Waals surface area (Å²) in [6, 6.07) is 14.9. The van der Waals surface area contributed by atoms with Gasteiger partial charge in [-0.2, -0.15) is 0 Å². The van der Waals surface area contributed by atoms with Gasteiger partial charge in [0.05, 0.1) is 24.4 Å². The van der Waals surface area contributed by atoms with Crippen LogP contribution in [0.4, 0.5) is 5.13 Å². The topological polar surface area (TPSA) is 78.0 Å². The van der Waals surface area contributed by atoms with E-state index in [9.17, 15) is 9.59 Å². The normalized spacial score (nSPS) is 10.5. The van der Waals surface area contributed by atoms with Crippen molar-refractivity contribution < 1.29 is 23.8 Å². The summed E-state index contributed by atoms with van der Waals surface area (Å²) in [5.74, 6) is -0.184. The van der Waals surface area contributed by atoms with Crippen LogP contribution in [-0.2, 0) is 25.7 Å². The monoisotopic (exact) mass is 400 g/mol. The Morgan fingerprint density at radius 3 is 2.39 bits per heavy atom. The van der Waals surface area contributed by atoms with Crippen LogP contribution in [-0.4, -0.2) is 44.2 Å². The Morgan fingerprint density at radius 1 is 1.00 bits per heavy atom. The summed E-state index contributed by atoms with van der Waals surface area (Å²) in [6.07, 6.45) is 0. The molecule has 0 N–H and O–H groups in total. The van der Waals surface area contributed by atoms with Gasteiger partial charge in [-0.1, -0.05) is 35.6 Å². The fraction of sp³-hybridized carbons (Fsp3) is 0.250. The first-order valence-electron chi connectivity index (χ1n) is 8.55. The molecule has 1 aromatic heterocycles. The van der Waals surface area contributed by atoms with Crippen molar-refractivity contribution in [3.63, 3.8) is 0 Å². The lowest BCUT2D eigenvalue weighted by Gasteiger charge is -2.19. The molecule has 0 saturated carbocycles. The molecule has 0 saturated heterocycles. The van der Waals surface area contributed by atoms with Crippen molar-refractivity contribution in [2.75, 3.05) is 32.2 Å². The first-order chi connectivity index (χ1) is 13.6. The zero-order valence-corrected chi connectivity index (χ0v) is 16.4. The molecule has 0 amide bonds. The second-order valence-corrected chi connectivity index (χ2v) is 6.91. The van der Waals surface area contributed by atoms with Gasteiger partial charge in [-0.15, -0.1) is 0 Å². The van der Waals surface area contributed by atoms with Crippen LogP contribution in [0.1, 0.15) is 5.56 Å². The second kappa shape index (κ2) is 9.18. The molecule has 3 aromatic rings. The average Bonchev–Trinajstić information content (AvgIpc) is 3.16. The van der Waals surface area contributed by atoms with Crippen LogP contribution in [0.5, 0.6) is 5.75 Å². The standard InChI is InChI=1S/C20H20N2O5S/c1-25-15-9-7-14(8-10-15)13-27-19(24)12-22(11-18(23)26-2)20-21-16-5-3-4-6-17(16)28-20/h3-10H,11-13H2,1-2H3. The van der Waals surface area contributed by atoms with Crippen LogP contribution < -0.4 is 9.64 Å². The number of ether oxygens (including phenoxy) is 3. The summed E-state index contributed by atoms with van der Waals surface area (Å²) >= 11 is 1.40. The minimum atomic E-state index is -0.459. The van der Waals surface area contributed by atoms with Crippen LogP contribution in [0, 0.1) is 0 Å². The van der Waals surface area contributed by atoms with E-state index >= 15 is 0 Å². The number of nitrogens with zero attached hydrogens (tertiary/aromatic N) is 2. The van der Waals surface area contributed by atoms with Gasteiger partial charge in [0.1, 0.15) is 25.4 Å². The van der Waals surface area contributed by atoms with Crippen LogP contribution in [0.25, 0.3) is 10.2 Å². The molecule has 0 aliphatic carbocycles. The van der Waals surface area contributed by atoms with Gasteiger partial charge in [-0.25, -0.2) is 4.98 Å². The van der Waals surface area contributed by atoms with Crippen molar-refractivity contribution in [3.05, 3.63) is 54.1 Å². The maximum atomic E-state index is 12.3. The van der Waals surface area contributed by atoms with E-state index in [0.29, 0.717) is 5.13 Å². The van der Waals surface area contributed by atoms with E-state index in [1.807, 2.05) is 36.4 Å². The third kappa shape index (κ3) is 4.98. The van der Waals surface area contributed by atoms with Crippen LogP contribution >= 0.6 is 11.3 Å². The fourth-order valence-corrected chi connectivity index (χ4v) is 3.46. The number of para-hydroxylation sites is 1. The maximum absolute atomic E-state index is 12.3. The third-order valence-electron chi connectivity index (χ3n) is 3.98. The van der Waals surface area contributed by atoms with Crippen molar-refractivity contribution in [3.8, 4) is 5.75 Å². The summed E-state index contributed by atoms with van der Waals surface area (Å²) in [5.41, 5.74) is 1.65. The van der Waals surface area contributed by atoms with Gasteiger partial charge >= 0.3 is 11.9 Å². The van der Waals surface area contributed by atoms with Gasteiger partial charge in [0, 0.05) is 0 Å². The van der Waals surface area contributed by atoms with Crippen molar-refractivity contribution >= 4 is 38.6 Å². The molecule has 8 heteroatoms. The molecule has 1 heterocycles. The van der Waals surface area contributed by atoms with Crippen molar-refractivity contribution in [2.24, 2.45) is 0 Å². The first-order valence-corrected chi connectivity index (χ1v) is 9.36. The number of carbonyl (C=O) groups is 2. The summed E-state index contributed by atoms with van der Waals surface area (Å²) in [4.78, 5) is 30.2. The molecule has 0 radical (unpaired) electrons. The Hall–Kier alpha value is -3.13. The van der Waals surface area contributed by atoms with Crippen molar-refractivity contribution in [1.29, 1.82) is 0 Å². The highest BCUT2D eigenvalue weighted by Gasteiger charge is 2.20. The van der Waals surface area contributed by atoms with E-state index in [4.69, 9.17) is 14.2 Å². The van der Waals surface area contributed by atoms with Gasteiger partial charge in [0.25, 0.3) is 0 Å². The summed E-state index contributed by atoms with van der Waals surface area (Å²) in [5, 5.41) is 0.563. The lowest BCUT2D eigenvalue weighted by atomic mass is 10.2. The molecular weight excluding hydrogens is 380 g/mol. The number of methoxy groups -OCH3 is 2. The van der Waals surface area contributed by atoms with Crippen molar-refractivity contribution in [2.45, 2.75) is 6.61 Å². The lowest BCUT2D eigenvalue weighted by Crippen LogP contribution is -2.35. The molecule has 0 aliphatic rings. The van der Waals surface area contributed by atoms with E-state index in [0.717, 1.165) is 21.5 Å². The van der Waals surface area contributed by atoms with Gasteiger partial charge in [-0.05, 0) is 29.8 Å². The number of benzene rings is 2. The van der Waals surface area contributed by atoms with Crippen LogP contribution in [0.3, 0.4) is 0 Å². The minimum Gasteiger partial charge on any atom is -0.497 e. The Bertz CT molecular complexity index is 922. The number of aromatic nitrogens is 1. The predicted octanol–water partition coefficient (Wildman–Crippen LogP) is 3.03. The number of fused-ring (bicyclic) bond motifs is 1. The fourth-order valence-electron chi connectivity index (χ4n) is 2.49. The zero-order chi connectivity index (χ0) is 19.9. The number of carbonyl (C=O) groups excluding carboxylic acids is 2. The highest BCUT2D eigenvalue weighted by Crippen LogP contribution is 2.28. The molecule has 0 atom stereocenters. The second-order valence-electron chi connectivity index (χ2n) is 5.91. The minimum absolute atomic E-state index is 0.0893.